The molecule has 0 fully saturated rings. The highest BCUT2D eigenvalue weighted by atomic mass is 14.7. The lowest BCUT2D eigenvalue weighted by molar-refractivity contribution is 1.53. The monoisotopic (exact) mass is 486 g/mol. The molecule has 0 saturated heterocycles. The average molecular weight is 487 g/mol. The van der Waals surface area contributed by atoms with Crippen LogP contribution >= 0.6 is 0 Å². The number of nitrogens with one attached hydrogen (secondary N) is 2. The summed E-state index contributed by atoms with van der Waals surface area (Å²) in [4.78, 5) is 6.98. The highest BCUT2D eigenvalue weighted by Gasteiger charge is 2.08. The summed E-state index contributed by atoms with van der Waals surface area (Å²) in [7, 11) is 0. The van der Waals surface area contributed by atoms with Crippen molar-refractivity contribution in [2.75, 3.05) is 0 Å². The molecule has 6 aromatic carbocycles. The normalized spacial score (nSPS) is 11.2. The van der Waals surface area contributed by atoms with Gasteiger partial charge in [-0.25, -0.2) is 0 Å². The van der Waals surface area contributed by atoms with Crippen molar-refractivity contribution < 1.29 is 0 Å². The zero-order valence-electron chi connectivity index (χ0n) is 20.9. The van der Waals surface area contributed by atoms with Crippen LogP contribution < -0.4 is 0 Å². The molecule has 2 heterocycles. The molecular formula is C36H26N2. The van der Waals surface area contributed by atoms with Gasteiger partial charge in [0.15, 0.2) is 0 Å². The van der Waals surface area contributed by atoms with Crippen molar-refractivity contribution >= 4 is 43.6 Å². The van der Waals surface area contributed by atoms with Gasteiger partial charge in [0.1, 0.15) is 0 Å². The number of H-pyrrole nitrogens is 2. The number of rotatable bonds is 2. The second kappa shape index (κ2) is 9.42. The maximum atomic E-state index is 3.60. The van der Waals surface area contributed by atoms with Gasteiger partial charge in [0.2, 0.25) is 0 Å². The van der Waals surface area contributed by atoms with E-state index in [0.717, 1.165) is 0 Å². The van der Waals surface area contributed by atoms with Crippen LogP contribution in [0.5, 0.6) is 0 Å². The lowest BCUT2D eigenvalue weighted by Gasteiger charge is -2.02. The molecule has 38 heavy (non-hydrogen) atoms. The largest absolute Gasteiger partial charge is 0.355 e. The van der Waals surface area contributed by atoms with Gasteiger partial charge in [0.25, 0.3) is 0 Å². The molecule has 0 bridgehead atoms. The first-order chi connectivity index (χ1) is 18.8. The van der Waals surface area contributed by atoms with Crippen LogP contribution in [0.4, 0.5) is 0 Å². The molecule has 2 heteroatoms. The number of hydrogen-bond donors (Lipinski definition) is 2. The molecule has 0 aliphatic heterocycles. The van der Waals surface area contributed by atoms with Gasteiger partial charge in [-0.05, 0) is 46.5 Å². The van der Waals surface area contributed by atoms with Gasteiger partial charge in [0, 0.05) is 43.6 Å². The minimum Gasteiger partial charge on any atom is -0.355 e. The lowest BCUT2D eigenvalue weighted by atomic mass is 10.0. The number of fused-ring (bicyclic) bond motifs is 6. The fraction of sp³-hybridized carbons (Fsp3) is 0. The van der Waals surface area contributed by atoms with E-state index < -0.39 is 0 Å². The van der Waals surface area contributed by atoms with Gasteiger partial charge < -0.3 is 9.97 Å². The molecular weight excluding hydrogens is 460 g/mol. The molecule has 0 amide bonds. The van der Waals surface area contributed by atoms with E-state index in [2.05, 4.69) is 156 Å². The van der Waals surface area contributed by atoms with Gasteiger partial charge >= 0.3 is 0 Å². The van der Waals surface area contributed by atoms with Crippen molar-refractivity contribution in [2.24, 2.45) is 0 Å². The third kappa shape index (κ3) is 4.03. The second-order valence-electron chi connectivity index (χ2n) is 9.59. The van der Waals surface area contributed by atoms with Crippen LogP contribution in [0, 0.1) is 0 Å². The topological polar surface area (TPSA) is 31.6 Å². The molecule has 180 valence electrons. The number of hydrogen-bond acceptors (Lipinski definition) is 0. The molecule has 0 aliphatic carbocycles. The summed E-state index contributed by atoms with van der Waals surface area (Å²) in [5.41, 5.74) is 9.75. The van der Waals surface area contributed by atoms with Crippen LogP contribution in [0.1, 0.15) is 0 Å². The first kappa shape index (κ1) is 22.1. The van der Waals surface area contributed by atoms with Gasteiger partial charge in [0.05, 0.1) is 0 Å². The van der Waals surface area contributed by atoms with E-state index in [-0.39, 0.29) is 0 Å². The third-order valence-corrected chi connectivity index (χ3v) is 7.23. The fourth-order valence-corrected chi connectivity index (χ4v) is 5.33. The molecule has 2 nitrogen and oxygen atoms in total. The van der Waals surface area contributed by atoms with E-state index >= 15 is 0 Å². The molecule has 0 aliphatic rings. The fourth-order valence-electron chi connectivity index (χ4n) is 5.33. The number of para-hydroxylation sites is 2. The maximum Gasteiger partial charge on any atom is 0.0471 e. The Morgan fingerprint density at radius 3 is 1.11 bits per heavy atom. The smallest absolute Gasteiger partial charge is 0.0471 e. The number of aromatic amines is 2. The van der Waals surface area contributed by atoms with Crippen LogP contribution in [0.15, 0.2) is 146 Å². The van der Waals surface area contributed by atoms with Crippen molar-refractivity contribution in [3.05, 3.63) is 146 Å². The van der Waals surface area contributed by atoms with E-state index in [1.165, 1.54) is 65.9 Å². The van der Waals surface area contributed by atoms with Crippen molar-refractivity contribution in [2.45, 2.75) is 0 Å². The minimum absolute atomic E-state index is 1.18. The molecule has 0 radical (unpaired) electrons. The van der Waals surface area contributed by atoms with E-state index in [9.17, 15) is 0 Å². The Morgan fingerprint density at radius 1 is 0.263 bits per heavy atom. The van der Waals surface area contributed by atoms with Crippen molar-refractivity contribution in [3.63, 3.8) is 0 Å². The Kier molecular flexibility index (Phi) is 5.49. The third-order valence-electron chi connectivity index (χ3n) is 7.23. The summed E-state index contributed by atoms with van der Waals surface area (Å²) < 4.78 is 0. The highest BCUT2D eigenvalue weighted by molar-refractivity contribution is 6.09. The zero-order valence-corrected chi connectivity index (χ0v) is 20.9. The quantitative estimate of drug-likeness (QED) is 0.244. The second-order valence-corrected chi connectivity index (χ2v) is 9.59. The summed E-state index contributed by atoms with van der Waals surface area (Å²) in [5, 5.41) is 5.15. The number of benzene rings is 6. The summed E-state index contributed by atoms with van der Waals surface area (Å²) in [6, 6.07) is 51.1. The van der Waals surface area contributed by atoms with E-state index in [4.69, 9.17) is 0 Å². The lowest BCUT2D eigenvalue weighted by Crippen LogP contribution is -1.77. The molecule has 8 aromatic rings. The molecule has 2 aromatic heterocycles. The predicted molar refractivity (Wildman–Crippen MR) is 162 cm³/mol. The minimum atomic E-state index is 1.18. The van der Waals surface area contributed by atoms with Gasteiger partial charge in [-0.2, -0.15) is 0 Å². The first-order valence-corrected chi connectivity index (χ1v) is 13.0. The van der Waals surface area contributed by atoms with Crippen LogP contribution in [-0.4, -0.2) is 9.97 Å². The Bertz CT molecular complexity index is 1870. The molecule has 8 rings (SSSR count). The highest BCUT2D eigenvalue weighted by Crippen LogP contribution is 2.32. The molecule has 2 N–H and O–H groups in total. The molecule has 0 spiro atoms. The van der Waals surface area contributed by atoms with E-state index in [0.29, 0.717) is 0 Å². The SMILES string of the molecule is c1ccc(-c2ccc3c(c2)[nH]c2cc(-c4ccccc4)ccc23)cc1.c1ccc2c(c1)[nH]c1ccccc12. The van der Waals surface area contributed by atoms with Gasteiger partial charge in [-0.15, -0.1) is 0 Å². The maximum absolute atomic E-state index is 3.60. The Hall–Kier alpha value is -5.08. The standard InChI is InChI=1S/C24H17N.C12H9N/c1-3-7-17(8-4-1)19-11-13-21-22-14-12-20(18-9-5-2-6-10-18)16-24(22)25-23(21)15-19;1-3-7-11-9(5-1)10-6-2-4-8-12(10)13-11/h1-16,25H;1-8,13H. The predicted octanol–water partition coefficient (Wildman–Crippen LogP) is 9.98. The summed E-state index contributed by atoms with van der Waals surface area (Å²) in [6.45, 7) is 0. The van der Waals surface area contributed by atoms with Crippen molar-refractivity contribution in [3.8, 4) is 22.3 Å². The first-order valence-electron chi connectivity index (χ1n) is 13.0. The zero-order chi connectivity index (χ0) is 25.3. The Balaban J connectivity index is 0.000000156. The summed E-state index contributed by atoms with van der Waals surface area (Å²) in [6.07, 6.45) is 0. The van der Waals surface area contributed by atoms with Gasteiger partial charge in [-0.1, -0.05) is 121 Å². The molecule has 0 saturated carbocycles. The van der Waals surface area contributed by atoms with Crippen molar-refractivity contribution in [1.82, 2.24) is 9.97 Å². The van der Waals surface area contributed by atoms with Crippen LogP contribution in [0.25, 0.3) is 65.9 Å². The van der Waals surface area contributed by atoms with Crippen LogP contribution in [0.2, 0.25) is 0 Å². The molecule has 0 unspecified atom stereocenters. The Morgan fingerprint density at radius 2 is 0.632 bits per heavy atom. The van der Waals surface area contributed by atoms with Gasteiger partial charge in [-0.3, -0.25) is 0 Å². The average Bonchev–Trinajstić information content (AvgIpc) is 3.56. The molecule has 0 atom stereocenters. The summed E-state index contributed by atoms with van der Waals surface area (Å²) >= 11 is 0. The summed E-state index contributed by atoms with van der Waals surface area (Å²) in [5.74, 6) is 0. The Labute approximate surface area is 221 Å². The van der Waals surface area contributed by atoms with E-state index in [1.807, 2.05) is 0 Å². The number of aromatic nitrogens is 2. The van der Waals surface area contributed by atoms with Crippen LogP contribution in [0.3, 0.4) is 0 Å². The van der Waals surface area contributed by atoms with Crippen LogP contribution in [-0.2, 0) is 0 Å². The van der Waals surface area contributed by atoms with E-state index in [1.54, 1.807) is 0 Å². The van der Waals surface area contributed by atoms with Crippen molar-refractivity contribution in [1.29, 1.82) is 0 Å².